The van der Waals surface area contributed by atoms with Gasteiger partial charge in [0.05, 0.1) is 18.2 Å². The molecule has 0 atom stereocenters. The van der Waals surface area contributed by atoms with E-state index in [1.54, 1.807) is 0 Å². The van der Waals surface area contributed by atoms with Crippen molar-refractivity contribution in [3.63, 3.8) is 0 Å². The molecular weight excluding hydrogens is 251 g/mol. The number of halogens is 4. The number of hydrogen-bond donors (Lipinski definition) is 2. The lowest BCUT2D eigenvalue weighted by atomic mass is 10.2. The minimum absolute atomic E-state index is 0.0150. The van der Waals surface area contributed by atoms with Gasteiger partial charge in [-0.25, -0.2) is 4.98 Å². The summed E-state index contributed by atoms with van der Waals surface area (Å²) >= 11 is 5.41. The molecule has 1 aromatic heterocycles. The summed E-state index contributed by atoms with van der Waals surface area (Å²) in [5, 5.41) is 18.0. The molecular formula is C8H7ClF3NO3. The normalized spacial score (nSPS) is 11.6. The number of aliphatic hydroxyl groups excluding tert-OH is 1. The standard InChI is InChI=1S/C8H7ClF3NO3/c9-2-5-4(3-14)1-6(15)7(13-5)16-8(10,11)12/h1,14-15H,2-3H2. The summed E-state index contributed by atoms with van der Waals surface area (Å²) in [5.74, 6) is -2.00. The lowest BCUT2D eigenvalue weighted by molar-refractivity contribution is -0.276. The Morgan fingerprint density at radius 2 is 2.06 bits per heavy atom. The maximum atomic E-state index is 11.9. The molecule has 0 bridgehead atoms. The van der Waals surface area contributed by atoms with Gasteiger partial charge in [-0.1, -0.05) is 0 Å². The van der Waals surface area contributed by atoms with Gasteiger partial charge in [0.1, 0.15) is 0 Å². The minimum atomic E-state index is -4.95. The van der Waals surface area contributed by atoms with Crippen molar-refractivity contribution in [1.82, 2.24) is 4.98 Å². The Kier molecular flexibility index (Phi) is 3.82. The van der Waals surface area contributed by atoms with Gasteiger partial charge in [0.2, 0.25) is 0 Å². The lowest BCUT2D eigenvalue weighted by Crippen LogP contribution is -2.18. The summed E-state index contributed by atoms with van der Waals surface area (Å²) < 4.78 is 39.1. The van der Waals surface area contributed by atoms with Crippen molar-refractivity contribution in [1.29, 1.82) is 0 Å². The molecule has 1 aromatic rings. The SMILES string of the molecule is OCc1cc(O)c(OC(F)(F)F)nc1CCl. The Balaban J connectivity index is 3.11. The molecule has 2 N–H and O–H groups in total. The van der Waals surface area contributed by atoms with E-state index in [0.29, 0.717) is 0 Å². The number of aromatic nitrogens is 1. The van der Waals surface area contributed by atoms with Crippen LogP contribution < -0.4 is 4.74 Å². The number of nitrogens with zero attached hydrogens (tertiary/aromatic N) is 1. The zero-order valence-corrected chi connectivity index (χ0v) is 8.51. The van der Waals surface area contributed by atoms with E-state index in [4.69, 9.17) is 21.8 Å². The molecule has 0 aliphatic rings. The minimum Gasteiger partial charge on any atom is -0.503 e. The highest BCUT2D eigenvalue weighted by Gasteiger charge is 2.33. The molecule has 8 heteroatoms. The van der Waals surface area contributed by atoms with Crippen LogP contribution in [0.3, 0.4) is 0 Å². The third-order valence-corrected chi connectivity index (χ3v) is 1.90. The van der Waals surface area contributed by atoms with Crippen LogP contribution in [0.15, 0.2) is 6.07 Å². The second-order valence-electron chi connectivity index (χ2n) is 2.76. The van der Waals surface area contributed by atoms with Crippen molar-refractivity contribution in [2.24, 2.45) is 0 Å². The van der Waals surface area contributed by atoms with Crippen molar-refractivity contribution in [2.45, 2.75) is 18.8 Å². The Morgan fingerprint density at radius 3 is 2.50 bits per heavy atom. The summed E-state index contributed by atoms with van der Waals surface area (Å²) in [6.07, 6.45) is -4.95. The van der Waals surface area contributed by atoms with E-state index in [9.17, 15) is 13.2 Å². The van der Waals surface area contributed by atoms with Crippen molar-refractivity contribution in [3.8, 4) is 11.6 Å². The molecule has 0 aliphatic heterocycles. The molecule has 0 aliphatic carbocycles. The van der Waals surface area contributed by atoms with Crippen LogP contribution in [0.1, 0.15) is 11.3 Å². The molecule has 0 amide bonds. The van der Waals surface area contributed by atoms with Gasteiger partial charge in [0.25, 0.3) is 5.88 Å². The highest BCUT2D eigenvalue weighted by atomic mass is 35.5. The maximum absolute atomic E-state index is 11.9. The molecule has 0 aromatic carbocycles. The number of rotatable bonds is 3. The van der Waals surface area contributed by atoms with Crippen LogP contribution in [0.2, 0.25) is 0 Å². The van der Waals surface area contributed by atoms with Gasteiger partial charge in [-0.05, 0) is 6.07 Å². The molecule has 16 heavy (non-hydrogen) atoms. The van der Waals surface area contributed by atoms with Crippen molar-refractivity contribution < 1.29 is 28.1 Å². The molecule has 1 heterocycles. The molecule has 4 nitrogen and oxygen atoms in total. The molecule has 0 spiro atoms. The molecule has 0 unspecified atom stereocenters. The molecule has 1 rings (SSSR count). The van der Waals surface area contributed by atoms with Crippen LogP contribution in [0.4, 0.5) is 13.2 Å². The van der Waals surface area contributed by atoms with Crippen molar-refractivity contribution in [2.75, 3.05) is 0 Å². The lowest BCUT2D eigenvalue weighted by Gasteiger charge is -2.12. The van der Waals surface area contributed by atoms with Crippen LogP contribution in [0.25, 0.3) is 0 Å². The monoisotopic (exact) mass is 257 g/mol. The van der Waals surface area contributed by atoms with E-state index in [0.717, 1.165) is 6.07 Å². The van der Waals surface area contributed by atoms with E-state index in [2.05, 4.69) is 9.72 Å². The third-order valence-electron chi connectivity index (χ3n) is 1.65. The van der Waals surface area contributed by atoms with E-state index < -0.39 is 24.6 Å². The summed E-state index contributed by atoms with van der Waals surface area (Å²) in [6.45, 7) is -0.491. The Morgan fingerprint density at radius 1 is 1.44 bits per heavy atom. The highest BCUT2D eigenvalue weighted by molar-refractivity contribution is 6.17. The third kappa shape index (κ3) is 3.14. The van der Waals surface area contributed by atoms with E-state index >= 15 is 0 Å². The van der Waals surface area contributed by atoms with E-state index in [1.165, 1.54) is 0 Å². The average molecular weight is 258 g/mol. The zero-order chi connectivity index (χ0) is 12.3. The molecule has 0 fully saturated rings. The van der Waals surface area contributed by atoms with Gasteiger partial charge >= 0.3 is 6.36 Å². The van der Waals surface area contributed by atoms with Crippen LogP contribution in [-0.2, 0) is 12.5 Å². The number of alkyl halides is 4. The van der Waals surface area contributed by atoms with Crippen molar-refractivity contribution in [3.05, 3.63) is 17.3 Å². The fourth-order valence-electron chi connectivity index (χ4n) is 0.999. The summed E-state index contributed by atoms with van der Waals surface area (Å²) in [5.41, 5.74) is 0.156. The van der Waals surface area contributed by atoms with Gasteiger partial charge in [-0.3, -0.25) is 0 Å². The number of aromatic hydroxyl groups is 1. The van der Waals surface area contributed by atoms with Gasteiger partial charge in [-0.2, -0.15) is 0 Å². The van der Waals surface area contributed by atoms with Crippen LogP contribution in [0.5, 0.6) is 11.6 Å². The van der Waals surface area contributed by atoms with Gasteiger partial charge in [0.15, 0.2) is 5.75 Å². The van der Waals surface area contributed by atoms with Gasteiger partial charge in [0, 0.05) is 5.56 Å². The second-order valence-corrected chi connectivity index (χ2v) is 3.03. The second kappa shape index (κ2) is 4.75. The summed E-state index contributed by atoms with van der Waals surface area (Å²) in [7, 11) is 0. The first kappa shape index (κ1) is 12.9. The molecule has 90 valence electrons. The first-order valence-electron chi connectivity index (χ1n) is 4.01. The van der Waals surface area contributed by atoms with Gasteiger partial charge in [-0.15, -0.1) is 24.8 Å². The highest BCUT2D eigenvalue weighted by Crippen LogP contribution is 2.31. The number of pyridine rings is 1. The Bertz CT molecular complexity index is 384. The van der Waals surface area contributed by atoms with Gasteiger partial charge < -0.3 is 14.9 Å². The predicted octanol–water partition coefficient (Wildman–Crippen LogP) is 1.92. The van der Waals surface area contributed by atoms with Crippen LogP contribution >= 0.6 is 11.6 Å². The Labute approximate surface area is 93.2 Å². The number of hydrogen-bond acceptors (Lipinski definition) is 4. The average Bonchev–Trinajstić information content (AvgIpc) is 2.18. The number of aliphatic hydroxyl groups is 1. The molecule has 0 saturated heterocycles. The predicted molar refractivity (Wildman–Crippen MR) is 48.1 cm³/mol. The fourth-order valence-corrected chi connectivity index (χ4v) is 1.23. The maximum Gasteiger partial charge on any atom is 0.574 e. The number of ether oxygens (including phenoxy) is 1. The largest absolute Gasteiger partial charge is 0.574 e. The van der Waals surface area contributed by atoms with Crippen molar-refractivity contribution >= 4 is 11.6 Å². The first-order chi connectivity index (χ1) is 7.37. The molecule has 0 radical (unpaired) electrons. The Hall–Kier alpha value is -1.21. The first-order valence-corrected chi connectivity index (χ1v) is 4.55. The van der Waals surface area contributed by atoms with E-state index in [1.807, 2.05) is 0 Å². The fraction of sp³-hybridized carbons (Fsp3) is 0.375. The smallest absolute Gasteiger partial charge is 0.503 e. The van der Waals surface area contributed by atoms with Crippen LogP contribution in [-0.4, -0.2) is 21.6 Å². The molecule has 0 saturated carbocycles. The summed E-state index contributed by atoms with van der Waals surface area (Å²) in [4.78, 5) is 3.36. The summed E-state index contributed by atoms with van der Waals surface area (Å²) in [6, 6.07) is 0.922. The topological polar surface area (TPSA) is 62.6 Å². The van der Waals surface area contributed by atoms with Crippen LogP contribution in [0, 0.1) is 0 Å². The van der Waals surface area contributed by atoms with E-state index in [-0.39, 0.29) is 17.1 Å². The zero-order valence-electron chi connectivity index (χ0n) is 7.75. The quantitative estimate of drug-likeness (QED) is 0.812.